The van der Waals surface area contributed by atoms with Gasteiger partial charge in [-0.15, -0.1) is 0 Å². The van der Waals surface area contributed by atoms with E-state index in [9.17, 15) is 9.59 Å². The molecule has 1 aliphatic carbocycles. The fraction of sp³-hybridized carbons (Fsp3) is 0.440. The van der Waals surface area contributed by atoms with E-state index in [-0.39, 0.29) is 23.3 Å². The molecule has 0 N–H and O–H groups in total. The van der Waals surface area contributed by atoms with Gasteiger partial charge in [0.25, 0.3) is 0 Å². The van der Waals surface area contributed by atoms with Crippen LogP contribution in [0.1, 0.15) is 67.0 Å². The van der Waals surface area contributed by atoms with Crippen LogP contribution < -0.4 is 9.47 Å². The Kier molecular flexibility index (Phi) is 3.49. The highest BCUT2D eigenvalue weighted by molar-refractivity contribution is 6.05. The molecule has 0 radical (unpaired) electrons. The van der Waals surface area contributed by atoms with Crippen molar-refractivity contribution in [2.75, 3.05) is 0 Å². The normalized spacial score (nSPS) is 26.6. The molecule has 2 aromatic carbocycles. The van der Waals surface area contributed by atoms with Crippen molar-refractivity contribution in [2.45, 2.75) is 64.7 Å². The van der Waals surface area contributed by atoms with Crippen LogP contribution in [-0.2, 0) is 26.8 Å². The van der Waals surface area contributed by atoms with Gasteiger partial charge in [-0.05, 0) is 31.2 Å². The molecule has 0 aromatic heterocycles. The molecule has 3 aliphatic rings. The molecule has 3 atom stereocenters. The Morgan fingerprint density at radius 1 is 0.931 bits per heavy atom. The van der Waals surface area contributed by atoms with E-state index in [1.807, 2.05) is 26.0 Å². The maximum Gasteiger partial charge on any atom is 0.323 e. The lowest BCUT2D eigenvalue weighted by Gasteiger charge is -2.31. The smallest absolute Gasteiger partial charge is 0.323 e. The third kappa shape index (κ3) is 2.20. The summed E-state index contributed by atoms with van der Waals surface area (Å²) < 4.78 is 11.8. The number of carbonyl (C=O) groups is 2. The Morgan fingerprint density at radius 2 is 1.62 bits per heavy atom. The molecule has 29 heavy (non-hydrogen) atoms. The zero-order valence-electron chi connectivity index (χ0n) is 17.8. The SMILES string of the molecule is CCc1cc(C)cc2c1OC(=O)C1C3c4cc(C)cc(C(C)(C)C)c4OC(=O)C213. The zero-order valence-corrected chi connectivity index (χ0v) is 17.8. The van der Waals surface area contributed by atoms with E-state index in [2.05, 4.69) is 39.8 Å². The van der Waals surface area contributed by atoms with Crippen LogP contribution in [0.15, 0.2) is 24.3 Å². The Bertz CT molecular complexity index is 1100. The fourth-order valence-electron chi connectivity index (χ4n) is 5.42. The first-order valence-electron chi connectivity index (χ1n) is 10.3. The number of fused-ring (bicyclic) bond motifs is 4. The predicted octanol–water partition coefficient (Wildman–Crippen LogP) is 4.65. The highest BCUT2D eigenvalue weighted by Crippen LogP contribution is 2.73. The van der Waals surface area contributed by atoms with Crippen LogP contribution in [0.2, 0.25) is 0 Å². The summed E-state index contributed by atoms with van der Waals surface area (Å²) in [5.41, 5.74) is 4.80. The van der Waals surface area contributed by atoms with Crippen molar-refractivity contribution >= 4 is 11.9 Å². The van der Waals surface area contributed by atoms with Gasteiger partial charge in [0.15, 0.2) is 0 Å². The van der Waals surface area contributed by atoms with Crippen LogP contribution in [0.3, 0.4) is 0 Å². The second-order valence-corrected chi connectivity index (χ2v) is 9.77. The zero-order chi connectivity index (χ0) is 20.9. The largest absolute Gasteiger partial charge is 0.426 e. The summed E-state index contributed by atoms with van der Waals surface area (Å²) in [6.07, 6.45) is 0.738. The first kappa shape index (κ1) is 18.4. The molecule has 0 bridgehead atoms. The van der Waals surface area contributed by atoms with E-state index in [0.717, 1.165) is 39.8 Å². The van der Waals surface area contributed by atoms with Gasteiger partial charge < -0.3 is 9.47 Å². The van der Waals surface area contributed by atoms with Gasteiger partial charge in [0.2, 0.25) is 0 Å². The lowest BCUT2D eigenvalue weighted by atomic mass is 9.80. The maximum atomic E-state index is 13.5. The van der Waals surface area contributed by atoms with Crippen LogP contribution in [0.4, 0.5) is 0 Å². The molecule has 150 valence electrons. The van der Waals surface area contributed by atoms with E-state index < -0.39 is 11.3 Å². The lowest BCUT2D eigenvalue weighted by Crippen LogP contribution is -2.38. The minimum Gasteiger partial charge on any atom is -0.426 e. The number of hydrogen-bond donors (Lipinski definition) is 0. The van der Waals surface area contributed by atoms with E-state index in [4.69, 9.17) is 9.47 Å². The van der Waals surface area contributed by atoms with Crippen molar-refractivity contribution in [1.82, 2.24) is 0 Å². The average molecular weight is 390 g/mol. The summed E-state index contributed by atoms with van der Waals surface area (Å²) in [5.74, 6) is -0.170. The number of benzene rings is 2. The third-order valence-electron chi connectivity index (χ3n) is 6.74. The minimum atomic E-state index is -0.948. The van der Waals surface area contributed by atoms with Gasteiger partial charge in [0, 0.05) is 22.6 Å². The lowest BCUT2D eigenvalue weighted by molar-refractivity contribution is -0.144. The van der Waals surface area contributed by atoms with Crippen molar-refractivity contribution in [2.24, 2.45) is 5.92 Å². The summed E-state index contributed by atoms with van der Waals surface area (Å²) in [6.45, 7) is 12.4. The van der Waals surface area contributed by atoms with Crippen LogP contribution in [0.25, 0.3) is 0 Å². The Labute approximate surface area is 171 Å². The quantitative estimate of drug-likeness (QED) is 0.525. The first-order chi connectivity index (χ1) is 13.6. The molecule has 1 saturated carbocycles. The van der Waals surface area contributed by atoms with Crippen LogP contribution >= 0.6 is 0 Å². The highest BCUT2D eigenvalue weighted by atomic mass is 16.6. The van der Waals surface area contributed by atoms with Crippen molar-refractivity contribution in [3.63, 3.8) is 0 Å². The maximum absolute atomic E-state index is 13.5. The van der Waals surface area contributed by atoms with Crippen molar-refractivity contribution < 1.29 is 19.1 Å². The topological polar surface area (TPSA) is 52.6 Å². The Hall–Kier alpha value is -2.62. The second-order valence-electron chi connectivity index (χ2n) is 9.77. The van der Waals surface area contributed by atoms with E-state index in [1.54, 1.807) is 0 Å². The molecule has 3 unspecified atom stereocenters. The minimum absolute atomic E-state index is 0.175. The number of esters is 2. The number of carbonyl (C=O) groups excluding carboxylic acids is 2. The van der Waals surface area contributed by atoms with Gasteiger partial charge in [0.05, 0.1) is 5.92 Å². The molecule has 1 spiro atoms. The number of hydrogen-bond acceptors (Lipinski definition) is 4. The summed E-state index contributed by atoms with van der Waals surface area (Å²) in [4.78, 5) is 26.5. The monoisotopic (exact) mass is 390 g/mol. The molecule has 0 amide bonds. The van der Waals surface area contributed by atoms with E-state index in [1.165, 1.54) is 0 Å². The molecule has 4 heteroatoms. The van der Waals surface area contributed by atoms with Crippen LogP contribution in [0.5, 0.6) is 11.5 Å². The number of rotatable bonds is 1. The molecule has 0 saturated heterocycles. The fourth-order valence-corrected chi connectivity index (χ4v) is 5.42. The molecule has 2 heterocycles. The van der Waals surface area contributed by atoms with E-state index >= 15 is 0 Å². The standard InChI is InChI=1S/C25H26O4/c1-7-14-8-12(2)11-17-20(14)28-22(26)19-18-15-9-13(3)10-16(24(4,5)6)21(15)29-23(27)25(17,18)19/h8-11,18-19H,7H2,1-6H3. The molecule has 2 aliphatic heterocycles. The van der Waals surface area contributed by atoms with Gasteiger partial charge >= 0.3 is 11.9 Å². The Balaban J connectivity index is 1.79. The van der Waals surface area contributed by atoms with Crippen LogP contribution in [0, 0.1) is 19.8 Å². The number of aryl methyl sites for hydroxylation is 3. The second kappa shape index (κ2) is 5.50. The van der Waals surface area contributed by atoms with Gasteiger partial charge in [-0.1, -0.05) is 63.1 Å². The summed E-state index contributed by atoms with van der Waals surface area (Å²) in [7, 11) is 0. The predicted molar refractivity (Wildman–Crippen MR) is 110 cm³/mol. The molecule has 2 aromatic rings. The van der Waals surface area contributed by atoms with Crippen molar-refractivity contribution in [3.05, 3.63) is 57.6 Å². The molecule has 5 rings (SSSR count). The van der Waals surface area contributed by atoms with Gasteiger partial charge in [-0.2, -0.15) is 0 Å². The molecular formula is C25H26O4. The molecule has 4 nitrogen and oxygen atoms in total. The Morgan fingerprint density at radius 3 is 2.28 bits per heavy atom. The van der Waals surface area contributed by atoms with Crippen LogP contribution in [-0.4, -0.2) is 11.9 Å². The molecule has 1 fully saturated rings. The highest BCUT2D eigenvalue weighted by Gasteiger charge is 2.80. The summed E-state index contributed by atoms with van der Waals surface area (Å²) in [6, 6.07) is 8.19. The molecular weight excluding hydrogens is 364 g/mol. The van der Waals surface area contributed by atoms with Crippen molar-refractivity contribution in [3.8, 4) is 11.5 Å². The van der Waals surface area contributed by atoms with Crippen molar-refractivity contribution in [1.29, 1.82) is 0 Å². The van der Waals surface area contributed by atoms with E-state index in [0.29, 0.717) is 11.5 Å². The van der Waals surface area contributed by atoms with Gasteiger partial charge in [0.1, 0.15) is 16.9 Å². The number of ether oxygens (including phenoxy) is 2. The van der Waals surface area contributed by atoms with Gasteiger partial charge in [-0.3, -0.25) is 9.59 Å². The third-order valence-corrected chi connectivity index (χ3v) is 6.74. The summed E-state index contributed by atoms with van der Waals surface area (Å²) >= 11 is 0. The average Bonchev–Trinajstić information content (AvgIpc) is 3.35. The first-order valence-corrected chi connectivity index (χ1v) is 10.3. The van der Waals surface area contributed by atoms with Gasteiger partial charge in [-0.25, -0.2) is 0 Å². The summed E-state index contributed by atoms with van der Waals surface area (Å²) in [5, 5.41) is 0.